The molecule has 1 aromatic carbocycles. The number of aromatic carboxylic acids is 1. The molecule has 0 fully saturated rings. The van der Waals surface area contributed by atoms with Crippen molar-refractivity contribution in [1.82, 2.24) is 4.98 Å². The molecule has 0 saturated carbocycles. The second-order valence-electron chi connectivity index (χ2n) is 4.68. The predicted octanol–water partition coefficient (Wildman–Crippen LogP) is 3.65. The minimum absolute atomic E-state index is 0.169. The Labute approximate surface area is 148 Å². The summed E-state index contributed by atoms with van der Waals surface area (Å²) < 4.78 is 53.4. The first-order valence-corrected chi connectivity index (χ1v) is 9.76. The Morgan fingerprint density at radius 2 is 1.96 bits per heavy atom. The first kappa shape index (κ1) is 17.5. The molecule has 2 N–H and O–H groups in total. The van der Waals surface area contributed by atoms with Crippen molar-refractivity contribution in [3.8, 4) is 10.6 Å². The van der Waals surface area contributed by atoms with Crippen LogP contribution in [0.25, 0.3) is 10.6 Å². The lowest BCUT2D eigenvalue weighted by atomic mass is 10.2. The average Bonchev–Trinajstić information content (AvgIpc) is 3.18. The molecule has 0 bridgehead atoms. The average molecular weight is 402 g/mol. The van der Waals surface area contributed by atoms with Crippen LogP contribution in [0, 0.1) is 11.6 Å². The van der Waals surface area contributed by atoms with E-state index in [9.17, 15) is 27.1 Å². The van der Waals surface area contributed by atoms with E-state index >= 15 is 0 Å². The van der Waals surface area contributed by atoms with Gasteiger partial charge >= 0.3 is 5.97 Å². The Hall–Kier alpha value is -2.37. The molecule has 0 spiro atoms. The number of carbonyl (C=O) groups is 1. The summed E-state index contributed by atoms with van der Waals surface area (Å²) in [7, 11) is -4.33. The van der Waals surface area contributed by atoms with Crippen molar-refractivity contribution >= 4 is 44.4 Å². The topological polar surface area (TPSA) is 96.4 Å². The number of benzene rings is 1. The van der Waals surface area contributed by atoms with Gasteiger partial charge in [0.1, 0.15) is 9.88 Å². The van der Waals surface area contributed by atoms with Crippen LogP contribution in [0.1, 0.15) is 9.67 Å². The van der Waals surface area contributed by atoms with E-state index in [4.69, 9.17) is 0 Å². The second-order valence-corrected chi connectivity index (χ2v) is 8.13. The van der Waals surface area contributed by atoms with Gasteiger partial charge in [-0.15, -0.1) is 22.7 Å². The molecular formula is C14H8F2N2O4S3. The summed E-state index contributed by atoms with van der Waals surface area (Å²) in [6, 6.07) is 2.08. The zero-order valence-electron chi connectivity index (χ0n) is 12.1. The van der Waals surface area contributed by atoms with Crippen LogP contribution in [0.5, 0.6) is 0 Å². The fourth-order valence-corrected chi connectivity index (χ4v) is 4.72. The Morgan fingerprint density at radius 3 is 2.56 bits per heavy atom. The number of thiazole rings is 1. The molecule has 0 atom stereocenters. The molecule has 2 heterocycles. The normalized spacial score (nSPS) is 11.4. The molecule has 6 nitrogen and oxygen atoms in total. The lowest BCUT2D eigenvalue weighted by molar-refractivity contribution is 0.0703. The zero-order valence-corrected chi connectivity index (χ0v) is 14.5. The van der Waals surface area contributed by atoms with E-state index in [1.807, 2.05) is 0 Å². The third-order valence-electron chi connectivity index (χ3n) is 3.09. The molecule has 0 unspecified atom stereocenters. The van der Waals surface area contributed by atoms with Crippen LogP contribution in [0.15, 0.2) is 40.1 Å². The molecule has 25 heavy (non-hydrogen) atoms. The number of thiophene rings is 1. The van der Waals surface area contributed by atoms with E-state index in [0.29, 0.717) is 22.7 Å². The summed E-state index contributed by atoms with van der Waals surface area (Å²) in [6.07, 6.45) is 1.49. The molecule has 0 saturated heterocycles. The monoisotopic (exact) mass is 402 g/mol. The van der Waals surface area contributed by atoms with Gasteiger partial charge in [0.25, 0.3) is 10.0 Å². The lowest BCUT2D eigenvalue weighted by Crippen LogP contribution is -2.15. The predicted molar refractivity (Wildman–Crippen MR) is 89.6 cm³/mol. The Balaban J connectivity index is 2.08. The van der Waals surface area contributed by atoms with Crippen molar-refractivity contribution in [3.05, 3.63) is 51.7 Å². The van der Waals surface area contributed by atoms with Gasteiger partial charge in [0.15, 0.2) is 11.6 Å². The maximum atomic E-state index is 13.3. The summed E-state index contributed by atoms with van der Waals surface area (Å²) in [5.74, 6) is -3.84. The van der Waals surface area contributed by atoms with E-state index in [0.717, 1.165) is 17.4 Å². The number of halogens is 2. The summed E-state index contributed by atoms with van der Waals surface area (Å²) in [5.41, 5.74) is 0.126. The standard InChI is InChI=1S/C14H8F2N2O4S3/c15-9-2-1-7(5-10(9)16)25(21,22)18-11-8(13-17-3-4-23-13)6-24-12(11)14(19)20/h1-6,18H,(H,19,20). The lowest BCUT2D eigenvalue weighted by Gasteiger charge is -2.10. The molecule has 0 amide bonds. The molecular weight excluding hydrogens is 394 g/mol. The molecule has 3 rings (SSSR count). The quantitative estimate of drug-likeness (QED) is 0.679. The minimum Gasteiger partial charge on any atom is -0.477 e. The Kier molecular flexibility index (Phi) is 4.54. The number of hydrogen-bond acceptors (Lipinski definition) is 6. The number of carboxylic acids is 1. The first-order chi connectivity index (χ1) is 11.8. The second kappa shape index (κ2) is 6.50. The van der Waals surface area contributed by atoms with Gasteiger partial charge in [-0.2, -0.15) is 0 Å². The van der Waals surface area contributed by atoms with Crippen LogP contribution in [-0.4, -0.2) is 24.5 Å². The summed E-state index contributed by atoms with van der Waals surface area (Å²) in [6.45, 7) is 0. The number of rotatable bonds is 5. The molecule has 130 valence electrons. The van der Waals surface area contributed by atoms with Gasteiger partial charge < -0.3 is 5.11 Å². The van der Waals surface area contributed by atoms with E-state index in [1.54, 1.807) is 5.38 Å². The fourth-order valence-electron chi connectivity index (χ4n) is 1.97. The largest absolute Gasteiger partial charge is 0.477 e. The maximum Gasteiger partial charge on any atom is 0.348 e. The smallest absolute Gasteiger partial charge is 0.348 e. The van der Waals surface area contributed by atoms with Gasteiger partial charge in [0, 0.05) is 22.5 Å². The number of nitrogens with one attached hydrogen (secondary N) is 1. The zero-order chi connectivity index (χ0) is 18.2. The van der Waals surface area contributed by atoms with Gasteiger partial charge in [-0.05, 0) is 18.2 Å². The van der Waals surface area contributed by atoms with Crippen molar-refractivity contribution < 1.29 is 27.1 Å². The van der Waals surface area contributed by atoms with Crippen LogP contribution in [0.4, 0.5) is 14.5 Å². The van der Waals surface area contributed by atoms with Crippen molar-refractivity contribution in [3.63, 3.8) is 0 Å². The van der Waals surface area contributed by atoms with Gasteiger partial charge in [-0.1, -0.05) is 0 Å². The Bertz CT molecular complexity index is 1050. The van der Waals surface area contributed by atoms with E-state index in [2.05, 4.69) is 9.71 Å². The summed E-state index contributed by atoms with van der Waals surface area (Å²) in [5, 5.41) is 12.8. The highest BCUT2D eigenvalue weighted by Gasteiger charge is 2.25. The third-order valence-corrected chi connectivity index (χ3v) is 6.21. The number of aromatic nitrogens is 1. The fraction of sp³-hybridized carbons (Fsp3) is 0. The number of nitrogens with zero attached hydrogens (tertiary/aromatic N) is 1. The van der Waals surface area contributed by atoms with Crippen molar-refractivity contribution in [2.24, 2.45) is 0 Å². The first-order valence-electron chi connectivity index (χ1n) is 6.52. The van der Waals surface area contributed by atoms with Crippen molar-refractivity contribution in [2.75, 3.05) is 4.72 Å². The SMILES string of the molecule is O=C(O)c1scc(-c2nccs2)c1NS(=O)(=O)c1ccc(F)c(F)c1. The summed E-state index contributed by atoms with van der Waals surface area (Å²) >= 11 is 2.03. The number of sulfonamides is 1. The van der Waals surface area contributed by atoms with Crippen molar-refractivity contribution in [2.45, 2.75) is 4.90 Å². The minimum atomic E-state index is -4.33. The van der Waals surface area contributed by atoms with Crippen molar-refractivity contribution in [1.29, 1.82) is 0 Å². The number of anilines is 1. The highest BCUT2D eigenvalue weighted by atomic mass is 32.2. The highest BCUT2D eigenvalue weighted by Crippen LogP contribution is 2.38. The maximum absolute atomic E-state index is 13.3. The van der Waals surface area contributed by atoms with Gasteiger partial charge in [0.05, 0.1) is 10.6 Å². The molecule has 0 radical (unpaired) electrons. The van der Waals surface area contributed by atoms with Crippen LogP contribution < -0.4 is 4.72 Å². The highest BCUT2D eigenvalue weighted by molar-refractivity contribution is 7.92. The molecule has 0 aliphatic heterocycles. The molecule has 11 heteroatoms. The third kappa shape index (κ3) is 3.38. The van der Waals surface area contributed by atoms with Gasteiger partial charge in [0.2, 0.25) is 0 Å². The molecule has 2 aromatic heterocycles. The van der Waals surface area contributed by atoms with Crippen LogP contribution in [0.3, 0.4) is 0 Å². The molecule has 0 aliphatic rings. The van der Waals surface area contributed by atoms with Gasteiger partial charge in [-0.25, -0.2) is 27.0 Å². The van der Waals surface area contributed by atoms with Crippen LogP contribution >= 0.6 is 22.7 Å². The number of carboxylic acid groups (broad SMARTS) is 1. The molecule has 3 aromatic rings. The van der Waals surface area contributed by atoms with Crippen LogP contribution in [0.2, 0.25) is 0 Å². The number of hydrogen-bond donors (Lipinski definition) is 2. The van der Waals surface area contributed by atoms with E-state index in [-0.39, 0.29) is 10.6 Å². The summed E-state index contributed by atoms with van der Waals surface area (Å²) in [4.78, 5) is 14.6. The van der Waals surface area contributed by atoms with Crippen LogP contribution in [-0.2, 0) is 10.0 Å². The van der Waals surface area contributed by atoms with E-state index < -0.39 is 32.5 Å². The van der Waals surface area contributed by atoms with E-state index in [1.165, 1.54) is 22.9 Å². The Morgan fingerprint density at radius 1 is 1.20 bits per heavy atom. The molecule has 0 aliphatic carbocycles. The van der Waals surface area contributed by atoms with Gasteiger partial charge in [-0.3, -0.25) is 4.72 Å².